The van der Waals surface area contributed by atoms with E-state index in [0.29, 0.717) is 6.04 Å². The van der Waals surface area contributed by atoms with Gasteiger partial charge in [-0.2, -0.15) is 0 Å². The van der Waals surface area contributed by atoms with Gasteiger partial charge in [-0.15, -0.1) is 0 Å². The number of nitrogens with one attached hydrogen (secondary N) is 1. The summed E-state index contributed by atoms with van der Waals surface area (Å²) >= 11 is 0. The van der Waals surface area contributed by atoms with E-state index in [0.717, 1.165) is 36.8 Å². The summed E-state index contributed by atoms with van der Waals surface area (Å²) in [6.07, 6.45) is 14.2. The highest BCUT2D eigenvalue weighted by atomic mass is 19.1. The molecule has 0 bridgehead atoms. The molecule has 0 amide bonds. The largest absolute Gasteiger partial charge is 0.343 e. The van der Waals surface area contributed by atoms with Gasteiger partial charge < -0.3 is 9.88 Å². The lowest BCUT2D eigenvalue weighted by molar-refractivity contribution is 0.525. The van der Waals surface area contributed by atoms with Gasteiger partial charge in [0, 0.05) is 36.2 Å². The summed E-state index contributed by atoms with van der Waals surface area (Å²) in [5, 5.41) is 4.71. The fourth-order valence-electron chi connectivity index (χ4n) is 3.96. The Kier molecular flexibility index (Phi) is 6.89. The lowest BCUT2D eigenvalue weighted by Crippen LogP contribution is -2.25. The number of allylic oxidation sites excluding steroid dienone is 4. The third-order valence-corrected chi connectivity index (χ3v) is 5.59. The molecule has 1 aliphatic carbocycles. The molecule has 1 aromatic heterocycles. The fourth-order valence-corrected chi connectivity index (χ4v) is 3.96. The first kappa shape index (κ1) is 19.9. The van der Waals surface area contributed by atoms with Crippen LogP contribution in [0.2, 0.25) is 0 Å². The van der Waals surface area contributed by atoms with E-state index in [1.54, 1.807) is 12.1 Å². The number of halogens is 1. The van der Waals surface area contributed by atoms with E-state index in [2.05, 4.69) is 49.0 Å². The summed E-state index contributed by atoms with van der Waals surface area (Å²) in [5.74, 6) is -0.157. The normalized spacial score (nSPS) is 15.6. The monoisotopic (exact) mass is 368 g/mol. The van der Waals surface area contributed by atoms with Gasteiger partial charge in [-0.3, -0.25) is 0 Å². The second kappa shape index (κ2) is 9.36. The summed E-state index contributed by atoms with van der Waals surface area (Å²) in [5.41, 5.74) is 5.10. The second-order valence-corrected chi connectivity index (χ2v) is 8.20. The predicted octanol–water partition coefficient (Wildman–Crippen LogP) is 6.51. The molecule has 2 aromatic rings. The molecule has 1 fully saturated rings. The minimum absolute atomic E-state index is 0.157. The highest BCUT2D eigenvalue weighted by Crippen LogP contribution is 2.24. The van der Waals surface area contributed by atoms with E-state index in [1.807, 2.05) is 6.07 Å². The maximum absolute atomic E-state index is 13.8. The number of nitrogens with zero attached hydrogens (tertiary/aromatic N) is 1. The van der Waals surface area contributed by atoms with Gasteiger partial charge in [0.1, 0.15) is 5.82 Å². The topological polar surface area (TPSA) is 17.0 Å². The SMILES string of the molecule is CC(C)=CCC/C(C)=C/Cn1cc(CNC2CCCC2)c2cc(F)ccc21. The molecule has 0 unspecified atom stereocenters. The Morgan fingerprint density at radius 1 is 1.19 bits per heavy atom. The Morgan fingerprint density at radius 2 is 1.96 bits per heavy atom. The highest BCUT2D eigenvalue weighted by molar-refractivity contribution is 5.84. The van der Waals surface area contributed by atoms with Crippen LogP contribution in [0.5, 0.6) is 0 Å². The fraction of sp³-hybridized carbons (Fsp3) is 0.500. The van der Waals surface area contributed by atoms with Gasteiger partial charge >= 0.3 is 0 Å². The lowest BCUT2D eigenvalue weighted by atomic mass is 10.1. The van der Waals surface area contributed by atoms with Crippen LogP contribution in [0.15, 0.2) is 47.7 Å². The van der Waals surface area contributed by atoms with Crippen LogP contribution < -0.4 is 5.32 Å². The minimum Gasteiger partial charge on any atom is -0.343 e. The number of hydrogen-bond donors (Lipinski definition) is 1. The first-order chi connectivity index (χ1) is 13.0. The quantitative estimate of drug-likeness (QED) is 0.526. The molecular weight excluding hydrogens is 335 g/mol. The van der Waals surface area contributed by atoms with Crippen molar-refractivity contribution in [2.45, 2.75) is 78.4 Å². The van der Waals surface area contributed by atoms with Crippen molar-refractivity contribution in [3.63, 3.8) is 0 Å². The van der Waals surface area contributed by atoms with Crippen LogP contribution in [0.25, 0.3) is 10.9 Å². The van der Waals surface area contributed by atoms with Gasteiger partial charge in [-0.25, -0.2) is 4.39 Å². The molecule has 3 rings (SSSR count). The number of fused-ring (bicyclic) bond motifs is 1. The zero-order valence-corrected chi connectivity index (χ0v) is 17.0. The predicted molar refractivity (Wildman–Crippen MR) is 113 cm³/mol. The summed E-state index contributed by atoms with van der Waals surface area (Å²) in [4.78, 5) is 0. The van der Waals surface area contributed by atoms with Crippen molar-refractivity contribution in [3.8, 4) is 0 Å². The van der Waals surface area contributed by atoms with Crippen molar-refractivity contribution in [3.05, 3.63) is 59.1 Å². The number of aromatic nitrogens is 1. The molecule has 1 aromatic carbocycles. The number of benzene rings is 1. The van der Waals surface area contributed by atoms with E-state index in [9.17, 15) is 4.39 Å². The van der Waals surface area contributed by atoms with Gasteiger partial charge in [0.15, 0.2) is 0 Å². The molecule has 1 aliphatic rings. The zero-order chi connectivity index (χ0) is 19.2. The summed E-state index contributed by atoms with van der Waals surface area (Å²) in [7, 11) is 0. The molecule has 0 saturated heterocycles. The second-order valence-electron chi connectivity index (χ2n) is 8.20. The van der Waals surface area contributed by atoms with Crippen molar-refractivity contribution in [1.82, 2.24) is 9.88 Å². The molecule has 0 aliphatic heterocycles. The van der Waals surface area contributed by atoms with Gasteiger partial charge in [0.2, 0.25) is 0 Å². The Bertz CT molecular complexity index is 818. The van der Waals surface area contributed by atoms with Crippen LogP contribution in [0, 0.1) is 5.82 Å². The van der Waals surface area contributed by atoms with Crippen LogP contribution in [-0.4, -0.2) is 10.6 Å². The molecule has 2 nitrogen and oxygen atoms in total. The molecule has 0 atom stereocenters. The standard InChI is InChI=1S/C24H33FN2/c1-18(2)7-6-8-19(3)13-14-27-17-20(16-26-22-9-4-5-10-22)23-15-21(25)11-12-24(23)27/h7,11-13,15,17,22,26H,4-6,8-10,14,16H2,1-3H3/b19-13+. The van der Waals surface area contributed by atoms with Crippen molar-refractivity contribution in [1.29, 1.82) is 0 Å². The van der Waals surface area contributed by atoms with Crippen molar-refractivity contribution in [2.24, 2.45) is 0 Å². The summed E-state index contributed by atoms with van der Waals surface area (Å²) < 4.78 is 16.1. The Morgan fingerprint density at radius 3 is 2.70 bits per heavy atom. The molecule has 1 heterocycles. The molecule has 3 heteroatoms. The Hall–Kier alpha value is -1.87. The van der Waals surface area contributed by atoms with E-state index < -0.39 is 0 Å². The molecule has 1 N–H and O–H groups in total. The maximum atomic E-state index is 13.8. The van der Waals surface area contributed by atoms with Gasteiger partial charge in [0.05, 0.1) is 0 Å². The van der Waals surface area contributed by atoms with Gasteiger partial charge in [-0.1, -0.05) is 36.1 Å². The van der Waals surface area contributed by atoms with E-state index in [1.165, 1.54) is 42.4 Å². The summed E-state index contributed by atoms with van der Waals surface area (Å²) in [6, 6.07) is 5.78. The number of hydrogen-bond acceptors (Lipinski definition) is 1. The first-order valence-electron chi connectivity index (χ1n) is 10.3. The molecule has 1 saturated carbocycles. The van der Waals surface area contributed by atoms with Crippen LogP contribution in [-0.2, 0) is 13.1 Å². The van der Waals surface area contributed by atoms with E-state index in [4.69, 9.17) is 0 Å². The maximum Gasteiger partial charge on any atom is 0.123 e. The molecule has 0 radical (unpaired) electrons. The van der Waals surface area contributed by atoms with Crippen LogP contribution in [0.3, 0.4) is 0 Å². The van der Waals surface area contributed by atoms with E-state index in [-0.39, 0.29) is 5.82 Å². The number of rotatable bonds is 8. The average Bonchev–Trinajstić information content (AvgIpc) is 3.25. The van der Waals surface area contributed by atoms with E-state index >= 15 is 0 Å². The highest BCUT2D eigenvalue weighted by Gasteiger charge is 2.15. The van der Waals surface area contributed by atoms with Crippen molar-refractivity contribution < 1.29 is 4.39 Å². The van der Waals surface area contributed by atoms with Crippen molar-refractivity contribution >= 4 is 10.9 Å². The third kappa shape index (κ3) is 5.55. The Labute approximate surface area is 163 Å². The first-order valence-corrected chi connectivity index (χ1v) is 10.3. The minimum atomic E-state index is -0.157. The van der Waals surface area contributed by atoms with Crippen molar-refractivity contribution in [2.75, 3.05) is 0 Å². The third-order valence-electron chi connectivity index (χ3n) is 5.59. The molecule has 0 spiro atoms. The van der Waals surface area contributed by atoms with Gasteiger partial charge in [-0.05, 0) is 70.2 Å². The molecular formula is C24H33FN2. The smallest absolute Gasteiger partial charge is 0.123 e. The van der Waals surface area contributed by atoms with Crippen LogP contribution in [0.1, 0.15) is 64.9 Å². The Balaban J connectivity index is 1.73. The van der Waals surface area contributed by atoms with Crippen LogP contribution >= 0.6 is 0 Å². The lowest BCUT2D eigenvalue weighted by Gasteiger charge is -2.10. The summed E-state index contributed by atoms with van der Waals surface area (Å²) in [6.45, 7) is 8.15. The molecule has 146 valence electrons. The molecule has 27 heavy (non-hydrogen) atoms. The van der Waals surface area contributed by atoms with Gasteiger partial charge in [0.25, 0.3) is 0 Å². The van der Waals surface area contributed by atoms with Crippen LogP contribution in [0.4, 0.5) is 4.39 Å². The average molecular weight is 369 g/mol. The zero-order valence-electron chi connectivity index (χ0n) is 17.0.